The summed E-state index contributed by atoms with van der Waals surface area (Å²) in [5.74, 6) is 1.14. The number of H-pyrrole nitrogens is 1. The van der Waals surface area contributed by atoms with Gasteiger partial charge < -0.3 is 14.8 Å². The van der Waals surface area contributed by atoms with Gasteiger partial charge >= 0.3 is 0 Å². The normalized spacial score (nSPS) is 14.4. The monoisotopic (exact) mass is 295 g/mol. The molecule has 0 unspecified atom stereocenters. The van der Waals surface area contributed by atoms with E-state index in [1.165, 1.54) is 10.9 Å². The number of amides is 1. The summed E-state index contributed by atoms with van der Waals surface area (Å²) < 4.78 is 5.20. The molecule has 1 saturated carbocycles. The van der Waals surface area contributed by atoms with Gasteiger partial charge in [0.15, 0.2) is 5.69 Å². The van der Waals surface area contributed by atoms with Crippen LogP contribution in [0.2, 0.25) is 0 Å². The van der Waals surface area contributed by atoms with Gasteiger partial charge in [-0.15, -0.1) is 0 Å². The zero-order chi connectivity index (χ0) is 14.9. The van der Waals surface area contributed by atoms with Crippen molar-refractivity contribution in [2.24, 2.45) is 0 Å². The van der Waals surface area contributed by atoms with Crippen molar-refractivity contribution in [1.82, 2.24) is 15.5 Å². The van der Waals surface area contributed by atoms with Crippen molar-refractivity contribution in [3.8, 4) is 0 Å². The average molecular weight is 295 g/mol. The average Bonchev–Trinajstić information content (AvgIpc) is 3.13. The van der Waals surface area contributed by atoms with Gasteiger partial charge in [-0.1, -0.05) is 23.4 Å². The van der Waals surface area contributed by atoms with Crippen molar-refractivity contribution < 1.29 is 9.32 Å². The van der Waals surface area contributed by atoms with Crippen molar-refractivity contribution in [3.05, 3.63) is 53.5 Å². The SMILES string of the molecule is O=C(NCCc1c[nH]c2ccccc12)c1cc(C2CC2)on1. The van der Waals surface area contributed by atoms with E-state index < -0.39 is 0 Å². The molecule has 0 bridgehead atoms. The van der Waals surface area contributed by atoms with Gasteiger partial charge in [0, 0.05) is 35.6 Å². The van der Waals surface area contributed by atoms with Gasteiger partial charge in [0.2, 0.25) is 0 Å². The minimum atomic E-state index is -0.171. The highest BCUT2D eigenvalue weighted by Gasteiger charge is 2.28. The number of aromatic nitrogens is 2. The molecule has 0 atom stereocenters. The molecule has 22 heavy (non-hydrogen) atoms. The smallest absolute Gasteiger partial charge is 0.273 e. The second-order valence-corrected chi connectivity index (χ2v) is 5.75. The molecule has 5 heteroatoms. The van der Waals surface area contributed by atoms with Crippen LogP contribution in [0.5, 0.6) is 0 Å². The molecule has 2 heterocycles. The molecule has 3 aromatic rings. The third kappa shape index (κ3) is 2.50. The second kappa shape index (κ2) is 5.33. The molecule has 2 N–H and O–H groups in total. The predicted molar refractivity (Wildman–Crippen MR) is 82.8 cm³/mol. The predicted octanol–water partition coefficient (Wildman–Crippen LogP) is 3.01. The van der Waals surface area contributed by atoms with Crippen LogP contribution in [0.4, 0.5) is 0 Å². The van der Waals surface area contributed by atoms with E-state index in [1.54, 1.807) is 6.07 Å². The van der Waals surface area contributed by atoms with Crippen LogP contribution in [0.3, 0.4) is 0 Å². The molecule has 1 fully saturated rings. The van der Waals surface area contributed by atoms with Crippen LogP contribution in [0, 0.1) is 0 Å². The number of benzene rings is 1. The molecular formula is C17H17N3O2. The van der Waals surface area contributed by atoms with Gasteiger partial charge in [-0.25, -0.2) is 0 Å². The van der Waals surface area contributed by atoms with E-state index in [2.05, 4.69) is 21.5 Å². The Morgan fingerprint density at radius 3 is 3.09 bits per heavy atom. The molecular weight excluding hydrogens is 278 g/mol. The molecule has 5 nitrogen and oxygen atoms in total. The maximum absolute atomic E-state index is 12.1. The Labute approximate surface area is 127 Å². The number of carbonyl (C=O) groups is 1. The van der Waals surface area contributed by atoms with Gasteiger partial charge in [-0.3, -0.25) is 4.79 Å². The standard InChI is InChI=1S/C17H17N3O2/c21-17(15-9-16(22-20-15)11-5-6-11)18-8-7-12-10-19-14-4-2-1-3-13(12)14/h1-4,9-11,19H,5-8H2,(H,18,21). The van der Waals surface area contributed by atoms with E-state index in [0.717, 1.165) is 30.5 Å². The maximum atomic E-state index is 12.1. The van der Waals surface area contributed by atoms with Crippen LogP contribution in [0.15, 0.2) is 41.1 Å². The van der Waals surface area contributed by atoms with E-state index in [9.17, 15) is 4.79 Å². The van der Waals surface area contributed by atoms with E-state index in [-0.39, 0.29) is 5.91 Å². The number of nitrogens with zero attached hydrogens (tertiary/aromatic N) is 1. The lowest BCUT2D eigenvalue weighted by atomic mass is 10.1. The van der Waals surface area contributed by atoms with Gasteiger partial charge in [0.05, 0.1) is 0 Å². The first-order valence-electron chi connectivity index (χ1n) is 7.61. The minimum absolute atomic E-state index is 0.171. The lowest BCUT2D eigenvalue weighted by Crippen LogP contribution is -2.25. The minimum Gasteiger partial charge on any atom is -0.361 e. The molecule has 112 valence electrons. The number of hydrogen-bond donors (Lipinski definition) is 2. The maximum Gasteiger partial charge on any atom is 0.273 e. The Balaban J connectivity index is 1.36. The molecule has 0 radical (unpaired) electrons. The van der Waals surface area contributed by atoms with Gasteiger partial charge in [0.1, 0.15) is 5.76 Å². The van der Waals surface area contributed by atoms with Gasteiger partial charge in [-0.2, -0.15) is 0 Å². The summed E-state index contributed by atoms with van der Waals surface area (Å²) in [7, 11) is 0. The van der Waals surface area contributed by atoms with Crippen LogP contribution in [-0.4, -0.2) is 22.6 Å². The topological polar surface area (TPSA) is 70.9 Å². The number of carbonyl (C=O) groups excluding carboxylic acids is 1. The largest absolute Gasteiger partial charge is 0.361 e. The fourth-order valence-corrected chi connectivity index (χ4v) is 2.70. The zero-order valence-corrected chi connectivity index (χ0v) is 12.1. The van der Waals surface area contributed by atoms with Crippen molar-refractivity contribution in [2.45, 2.75) is 25.2 Å². The van der Waals surface area contributed by atoms with Crippen LogP contribution >= 0.6 is 0 Å². The summed E-state index contributed by atoms with van der Waals surface area (Å²) in [5, 5.41) is 7.95. The lowest BCUT2D eigenvalue weighted by molar-refractivity contribution is 0.0945. The van der Waals surface area contributed by atoms with E-state index in [4.69, 9.17) is 4.52 Å². The highest BCUT2D eigenvalue weighted by Crippen LogP contribution is 2.40. The third-order valence-electron chi connectivity index (χ3n) is 4.10. The molecule has 4 rings (SSSR count). The van der Waals surface area contributed by atoms with E-state index in [1.807, 2.05) is 24.4 Å². The number of aromatic amines is 1. The Kier molecular flexibility index (Phi) is 3.18. The van der Waals surface area contributed by atoms with Crippen LogP contribution < -0.4 is 5.32 Å². The first-order valence-corrected chi connectivity index (χ1v) is 7.61. The quantitative estimate of drug-likeness (QED) is 0.760. The first kappa shape index (κ1) is 13.1. The molecule has 0 aliphatic heterocycles. The number of hydrogen-bond acceptors (Lipinski definition) is 3. The summed E-state index contributed by atoms with van der Waals surface area (Å²) in [5.41, 5.74) is 2.70. The number of para-hydroxylation sites is 1. The van der Waals surface area contributed by atoms with Crippen molar-refractivity contribution in [2.75, 3.05) is 6.54 Å². The van der Waals surface area contributed by atoms with Crippen LogP contribution in [0.25, 0.3) is 10.9 Å². The highest BCUT2D eigenvalue weighted by atomic mass is 16.5. The fourth-order valence-electron chi connectivity index (χ4n) is 2.70. The molecule has 0 spiro atoms. The summed E-state index contributed by atoms with van der Waals surface area (Å²) in [4.78, 5) is 15.3. The van der Waals surface area contributed by atoms with Crippen molar-refractivity contribution in [1.29, 1.82) is 0 Å². The van der Waals surface area contributed by atoms with E-state index >= 15 is 0 Å². The summed E-state index contributed by atoms with van der Waals surface area (Å²) in [6.07, 6.45) is 5.05. The van der Waals surface area contributed by atoms with Crippen LogP contribution in [0.1, 0.15) is 40.6 Å². The highest BCUT2D eigenvalue weighted by molar-refractivity contribution is 5.92. The van der Waals surface area contributed by atoms with Crippen LogP contribution in [-0.2, 0) is 6.42 Å². The Bertz CT molecular complexity index is 814. The summed E-state index contributed by atoms with van der Waals surface area (Å²) >= 11 is 0. The summed E-state index contributed by atoms with van der Waals surface area (Å²) in [6, 6.07) is 9.92. The fraction of sp³-hybridized carbons (Fsp3) is 0.294. The number of fused-ring (bicyclic) bond motifs is 1. The van der Waals surface area contributed by atoms with E-state index in [0.29, 0.717) is 18.2 Å². The van der Waals surface area contributed by atoms with Crippen molar-refractivity contribution in [3.63, 3.8) is 0 Å². The Hall–Kier alpha value is -2.56. The molecule has 1 aromatic carbocycles. The molecule has 0 saturated heterocycles. The number of nitrogens with one attached hydrogen (secondary N) is 2. The summed E-state index contributed by atoms with van der Waals surface area (Å²) in [6.45, 7) is 0.576. The first-order chi connectivity index (χ1) is 10.8. The Morgan fingerprint density at radius 1 is 1.36 bits per heavy atom. The molecule has 1 amide bonds. The van der Waals surface area contributed by atoms with Gasteiger partial charge in [-0.05, 0) is 30.9 Å². The lowest BCUT2D eigenvalue weighted by Gasteiger charge is -2.02. The zero-order valence-electron chi connectivity index (χ0n) is 12.1. The third-order valence-corrected chi connectivity index (χ3v) is 4.10. The number of rotatable bonds is 5. The second-order valence-electron chi connectivity index (χ2n) is 5.75. The van der Waals surface area contributed by atoms with Crippen molar-refractivity contribution >= 4 is 16.8 Å². The molecule has 1 aliphatic carbocycles. The molecule has 1 aliphatic rings. The Morgan fingerprint density at radius 2 is 2.23 bits per heavy atom. The van der Waals surface area contributed by atoms with Gasteiger partial charge in [0.25, 0.3) is 5.91 Å². The molecule has 2 aromatic heterocycles.